The normalized spacial score (nSPS) is 15.4. The highest BCUT2D eigenvalue weighted by atomic mass is 35.5. The maximum absolute atomic E-state index is 12.9. The highest BCUT2D eigenvalue weighted by Gasteiger charge is 2.31. The fraction of sp³-hybridized carbons (Fsp3) is 0.302. The highest BCUT2D eigenvalue weighted by Crippen LogP contribution is 2.32. The maximum Gasteiger partial charge on any atom is 0.243 e. The Hall–Kier alpha value is -4.06. The summed E-state index contributed by atoms with van der Waals surface area (Å²) in [5.74, 6) is 0.841. The summed E-state index contributed by atoms with van der Waals surface area (Å²) in [5, 5.41) is 6.77. The van der Waals surface area contributed by atoms with Gasteiger partial charge in [0.05, 0.1) is 27.8 Å². The first kappa shape index (κ1) is 44.0. The van der Waals surface area contributed by atoms with E-state index in [1.807, 2.05) is 36.6 Å². The molecule has 0 aliphatic carbocycles. The lowest BCUT2D eigenvalue weighted by atomic mass is 10.1. The van der Waals surface area contributed by atoms with Gasteiger partial charge in [-0.3, -0.25) is 0 Å². The van der Waals surface area contributed by atoms with Crippen LogP contribution in [0.2, 0.25) is 10.0 Å². The lowest BCUT2D eigenvalue weighted by Gasteiger charge is -2.33. The van der Waals surface area contributed by atoms with E-state index in [0.29, 0.717) is 69.0 Å². The molecule has 4 heterocycles. The number of hydrogen-bond donors (Lipinski definition) is 0. The van der Waals surface area contributed by atoms with Gasteiger partial charge in [0, 0.05) is 84.3 Å². The van der Waals surface area contributed by atoms with Crippen LogP contribution in [0.4, 0.5) is 10.3 Å². The minimum atomic E-state index is -3.54. The Labute approximate surface area is 370 Å². The molecular formula is C43H46Cl2N6O5S4. The number of anilines is 2. The molecule has 17 heteroatoms. The Kier molecular flexibility index (Phi) is 14.5. The molecule has 0 bridgehead atoms. The lowest BCUT2D eigenvalue weighted by Crippen LogP contribution is -2.48. The van der Waals surface area contributed by atoms with Crippen LogP contribution in [0.3, 0.4) is 0 Å². The number of aryl methyl sites for hydroxylation is 1. The number of halogens is 2. The van der Waals surface area contributed by atoms with Crippen LogP contribution >= 0.6 is 45.9 Å². The van der Waals surface area contributed by atoms with Gasteiger partial charge in [-0.1, -0.05) is 72.9 Å². The number of ether oxygens (including phenoxy) is 1. The van der Waals surface area contributed by atoms with Crippen molar-refractivity contribution in [3.05, 3.63) is 123 Å². The molecule has 0 atom stereocenters. The van der Waals surface area contributed by atoms with Crippen LogP contribution in [0.1, 0.15) is 25.8 Å². The number of piperazine rings is 2. The van der Waals surface area contributed by atoms with Gasteiger partial charge >= 0.3 is 0 Å². The van der Waals surface area contributed by atoms with Crippen LogP contribution in [-0.4, -0.2) is 94.4 Å². The number of sulfonamides is 2. The Bertz CT molecular complexity index is 2390. The molecule has 2 aliphatic rings. The van der Waals surface area contributed by atoms with Crippen molar-refractivity contribution in [1.29, 1.82) is 0 Å². The summed E-state index contributed by atoms with van der Waals surface area (Å²) in [6.07, 6.45) is 2.23. The van der Waals surface area contributed by atoms with Gasteiger partial charge in [0.2, 0.25) is 20.0 Å². The lowest BCUT2D eigenvalue weighted by molar-refractivity contribution is 0.340. The molecule has 0 spiro atoms. The molecule has 4 aromatic carbocycles. The van der Waals surface area contributed by atoms with Gasteiger partial charge in [0.15, 0.2) is 10.3 Å². The quantitative estimate of drug-likeness (QED) is 0.118. The van der Waals surface area contributed by atoms with Gasteiger partial charge < -0.3 is 14.5 Å². The summed E-state index contributed by atoms with van der Waals surface area (Å²) < 4.78 is 60.0. The Balaban J connectivity index is 0.000000181. The fourth-order valence-electron chi connectivity index (χ4n) is 6.90. The van der Waals surface area contributed by atoms with Gasteiger partial charge in [-0.25, -0.2) is 26.8 Å². The smallest absolute Gasteiger partial charge is 0.243 e. The molecule has 2 fully saturated rings. The number of hydrogen-bond acceptors (Lipinski definition) is 11. The van der Waals surface area contributed by atoms with Crippen LogP contribution in [0.25, 0.3) is 22.5 Å². The average Bonchev–Trinajstić information content (AvgIpc) is 3.97. The molecule has 2 aliphatic heterocycles. The van der Waals surface area contributed by atoms with Crippen molar-refractivity contribution < 1.29 is 21.6 Å². The van der Waals surface area contributed by atoms with Crippen molar-refractivity contribution in [1.82, 2.24) is 18.6 Å². The summed E-state index contributed by atoms with van der Waals surface area (Å²) in [6.45, 7) is 8.86. The molecule has 6 aromatic rings. The second-order valence-electron chi connectivity index (χ2n) is 14.1. The van der Waals surface area contributed by atoms with E-state index in [1.165, 1.54) is 26.3 Å². The summed E-state index contributed by atoms with van der Waals surface area (Å²) in [5.41, 5.74) is 5.36. The minimum Gasteiger partial charge on any atom is -0.494 e. The SMILES string of the molecule is CCCc1ccc(-c2csc(N3CCN(S(=O)(=O)c4cccc(Cl)c4)CC3)n2)cc1.CCOc1ccc(-c2csc(N3CCN(S(=O)(=O)c4cccc(Cl)c4)CC3)n2)cc1. The van der Waals surface area contributed by atoms with Crippen molar-refractivity contribution in [3.8, 4) is 28.3 Å². The van der Waals surface area contributed by atoms with Crippen LogP contribution in [0.15, 0.2) is 118 Å². The second kappa shape index (κ2) is 19.8. The van der Waals surface area contributed by atoms with Gasteiger partial charge in [0.1, 0.15) is 5.75 Å². The second-order valence-corrected chi connectivity index (χ2v) is 20.6. The van der Waals surface area contributed by atoms with E-state index in [-0.39, 0.29) is 9.79 Å². The monoisotopic (exact) mass is 924 g/mol. The summed E-state index contributed by atoms with van der Waals surface area (Å²) in [4.78, 5) is 14.3. The predicted octanol–water partition coefficient (Wildman–Crippen LogP) is 9.30. The Morgan fingerprint density at radius 3 is 1.43 bits per heavy atom. The largest absolute Gasteiger partial charge is 0.494 e. The third kappa shape index (κ3) is 10.5. The summed E-state index contributed by atoms with van der Waals surface area (Å²) in [6, 6.07) is 29.3. The van der Waals surface area contributed by atoms with Crippen LogP contribution in [0, 0.1) is 0 Å². The maximum atomic E-state index is 12.9. The Morgan fingerprint density at radius 1 is 0.600 bits per heavy atom. The van der Waals surface area contributed by atoms with E-state index in [0.717, 1.165) is 51.4 Å². The van der Waals surface area contributed by atoms with E-state index in [4.69, 9.17) is 37.9 Å². The first-order valence-electron chi connectivity index (χ1n) is 19.7. The zero-order valence-corrected chi connectivity index (χ0v) is 38.1. The number of nitrogens with zero attached hydrogens (tertiary/aromatic N) is 6. The standard InChI is InChI=1S/C22H24ClN3O2S2.C21H22ClN3O3S2/c1-2-4-17-7-9-18(10-8-17)21-16-29-22(24-21)25-11-13-26(14-12-25)30(27,28)20-6-3-5-19(23)15-20;1-2-28-18-8-6-16(7-9-18)20-15-29-21(23-20)24-10-12-25(13-11-24)30(26,27)19-5-3-4-17(22)14-19/h3,5-10,15-16H,2,4,11-14H2,1H3;3-9,14-15H,2,10-13H2,1H3. The van der Waals surface area contributed by atoms with E-state index in [9.17, 15) is 16.8 Å². The first-order valence-corrected chi connectivity index (χ1v) is 25.1. The number of benzene rings is 4. The molecule has 316 valence electrons. The molecule has 0 amide bonds. The van der Waals surface area contributed by atoms with Gasteiger partial charge in [-0.15, -0.1) is 22.7 Å². The zero-order valence-electron chi connectivity index (χ0n) is 33.3. The summed E-state index contributed by atoms with van der Waals surface area (Å²) >= 11 is 15.1. The number of rotatable bonds is 12. The zero-order chi connectivity index (χ0) is 42.3. The van der Waals surface area contributed by atoms with Crippen molar-refractivity contribution >= 4 is 76.2 Å². The van der Waals surface area contributed by atoms with E-state index in [2.05, 4.69) is 46.4 Å². The van der Waals surface area contributed by atoms with Crippen LogP contribution < -0.4 is 14.5 Å². The van der Waals surface area contributed by atoms with Crippen molar-refractivity contribution in [2.75, 3.05) is 68.8 Å². The number of thiazole rings is 2. The van der Waals surface area contributed by atoms with E-state index < -0.39 is 20.0 Å². The van der Waals surface area contributed by atoms with Crippen molar-refractivity contribution in [2.24, 2.45) is 0 Å². The minimum absolute atomic E-state index is 0.232. The third-order valence-corrected chi connectivity index (χ3v) is 16.2. The van der Waals surface area contributed by atoms with Gasteiger partial charge in [0.25, 0.3) is 0 Å². The molecular weight excluding hydrogens is 880 g/mol. The van der Waals surface area contributed by atoms with Crippen molar-refractivity contribution in [2.45, 2.75) is 36.5 Å². The molecule has 2 aromatic heterocycles. The molecule has 8 rings (SSSR count). The van der Waals surface area contributed by atoms with Crippen molar-refractivity contribution in [3.63, 3.8) is 0 Å². The van der Waals surface area contributed by atoms with Crippen LogP contribution in [0.5, 0.6) is 5.75 Å². The highest BCUT2D eigenvalue weighted by molar-refractivity contribution is 7.89. The molecule has 2 saturated heterocycles. The summed E-state index contributed by atoms with van der Waals surface area (Å²) in [7, 11) is -7.08. The Morgan fingerprint density at radius 2 is 1.03 bits per heavy atom. The van der Waals surface area contributed by atoms with E-state index in [1.54, 1.807) is 59.1 Å². The molecule has 0 N–H and O–H groups in total. The van der Waals surface area contributed by atoms with E-state index >= 15 is 0 Å². The molecule has 60 heavy (non-hydrogen) atoms. The molecule has 11 nitrogen and oxygen atoms in total. The molecule has 0 unspecified atom stereocenters. The van der Waals surface area contributed by atoms with Gasteiger partial charge in [-0.2, -0.15) is 8.61 Å². The molecule has 0 saturated carbocycles. The fourth-order valence-corrected chi connectivity index (χ4v) is 12.1. The van der Waals surface area contributed by atoms with Gasteiger partial charge in [-0.05, 0) is 79.6 Å². The molecule has 0 radical (unpaired) electrons. The topological polar surface area (TPSA) is 116 Å². The predicted molar refractivity (Wildman–Crippen MR) is 245 cm³/mol. The average molecular weight is 926 g/mol. The number of aromatic nitrogens is 2. The third-order valence-electron chi connectivity index (χ3n) is 10.1. The van der Waals surface area contributed by atoms with Crippen LogP contribution in [-0.2, 0) is 26.5 Å². The first-order chi connectivity index (χ1) is 28.9.